The number of terminal acetylenes is 1. The van der Waals surface area contributed by atoms with Crippen LogP contribution >= 0.6 is 11.6 Å². The van der Waals surface area contributed by atoms with Crippen LogP contribution in [0.15, 0.2) is 23.1 Å². The molecule has 1 N–H and O–H groups in total. The first-order valence-electron chi connectivity index (χ1n) is 6.78. The lowest BCUT2D eigenvalue weighted by molar-refractivity contribution is 0.464. The van der Waals surface area contributed by atoms with Gasteiger partial charge in [-0.1, -0.05) is 44.4 Å². The Labute approximate surface area is 132 Å². The Morgan fingerprint density at radius 3 is 2.62 bits per heavy atom. The van der Waals surface area contributed by atoms with Crippen molar-refractivity contribution in [3.8, 4) is 12.3 Å². The molecule has 1 rings (SSSR count). The molecule has 0 radical (unpaired) electrons. The van der Waals surface area contributed by atoms with Crippen LogP contribution in [0, 0.1) is 12.3 Å². The second kappa shape index (κ2) is 7.81. The normalized spacial score (nSPS) is 11.9. The van der Waals surface area contributed by atoms with Gasteiger partial charge in [-0.2, -0.15) is 4.31 Å². The van der Waals surface area contributed by atoms with Gasteiger partial charge in [-0.3, -0.25) is 0 Å². The first-order chi connectivity index (χ1) is 9.82. The first-order valence-corrected chi connectivity index (χ1v) is 8.60. The van der Waals surface area contributed by atoms with Crippen LogP contribution in [0.25, 0.3) is 0 Å². The van der Waals surface area contributed by atoms with Gasteiger partial charge in [0.25, 0.3) is 0 Å². The maximum absolute atomic E-state index is 12.6. The molecule has 0 aliphatic rings. The van der Waals surface area contributed by atoms with Crippen LogP contribution in [0.5, 0.6) is 0 Å². The largest absolute Gasteiger partial charge is 0.310 e. The van der Waals surface area contributed by atoms with Gasteiger partial charge in [0.1, 0.15) is 4.90 Å². The highest BCUT2D eigenvalue weighted by Crippen LogP contribution is 2.25. The van der Waals surface area contributed by atoms with E-state index in [1.165, 1.54) is 4.31 Å². The number of benzene rings is 1. The fourth-order valence-electron chi connectivity index (χ4n) is 1.79. The summed E-state index contributed by atoms with van der Waals surface area (Å²) in [6, 6.07) is 5.34. The van der Waals surface area contributed by atoms with Crippen LogP contribution in [0.3, 0.4) is 0 Å². The SMILES string of the molecule is C#CCN(CC)S(=O)(=O)c1cc(CNC(C)C)ccc1Cl. The van der Waals surface area contributed by atoms with Crippen molar-refractivity contribution in [3.63, 3.8) is 0 Å². The van der Waals surface area contributed by atoms with Crippen molar-refractivity contribution in [1.82, 2.24) is 9.62 Å². The first kappa shape index (κ1) is 18.0. The third-order valence-electron chi connectivity index (χ3n) is 2.95. The van der Waals surface area contributed by atoms with Crippen molar-refractivity contribution in [3.05, 3.63) is 28.8 Å². The summed E-state index contributed by atoms with van der Waals surface area (Å²) in [7, 11) is -3.67. The minimum Gasteiger partial charge on any atom is -0.310 e. The molecule has 21 heavy (non-hydrogen) atoms. The fraction of sp³-hybridized carbons (Fsp3) is 0.467. The molecule has 4 nitrogen and oxygen atoms in total. The molecule has 116 valence electrons. The van der Waals surface area contributed by atoms with E-state index >= 15 is 0 Å². The molecule has 0 saturated carbocycles. The molecule has 0 fully saturated rings. The Bertz CT molecular complexity index is 621. The molecule has 0 saturated heterocycles. The predicted octanol–water partition coefficient (Wildman–Crippen LogP) is 2.48. The van der Waals surface area contributed by atoms with Gasteiger partial charge >= 0.3 is 0 Å². The molecule has 0 aliphatic heterocycles. The van der Waals surface area contributed by atoms with Crippen LogP contribution in [-0.4, -0.2) is 31.9 Å². The van der Waals surface area contributed by atoms with Gasteiger partial charge in [0.2, 0.25) is 10.0 Å². The van der Waals surface area contributed by atoms with Gasteiger partial charge in [-0.05, 0) is 17.7 Å². The second-order valence-electron chi connectivity index (χ2n) is 4.94. The Balaban J connectivity index is 3.16. The van der Waals surface area contributed by atoms with E-state index in [0.717, 1.165) is 5.56 Å². The lowest BCUT2D eigenvalue weighted by atomic mass is 10.2. The van der Waals surface area contributed by atoms with E-state index in [-0.39, 0.29) is 16.5 Å². The van der Waals surface area contributed by atoms with Crippen molar-refractivity contribution < 1.29 is 8.42 Å². The quantitative estimate of drug-likeness (QED) is 0.782. The Kier molecular flexibility index (Phi) is 6.69. The van der Waals surface area contributed by atoms with E-state index in [4.69, 9.17) is 18.0 Å². The van der Waals surface area contributed by atoms with Crippen molar-refractivity contribution >= 4 is 21.6 Å². The lowest BCUT2D eigenvalue weighted by Gasteiger charge is -2.19. The lowest BCUT2D eigenvalue weighted by Crippen LogP contribution is -2.31. The standard InChI is InChI=1S/C15H21ClN2O2S/c1-5-9-18(6-2)21(19,20)15-10-13(7-8-14(15)16)11-17-12(3)4/h1,7-8,10,12,17H,6,9,11H2,2-4H3. The second-order valence-corrected chi connectivity index (χ2v) is 7.25. The van der Waals surface area contributed by atoms with Gasteiger partial charge in [0.15, 0.2) is 0 Å². The molecule has 0 aromatic heterocycles. The summed E-state index contributed by atoms with van der Waals surface area (Å²) in [6.07, 6.45) is 5.23. The summed E-state index contributed by atoms with van der Waals surface area (Å²) < 4.78 is 26.4. The number of hydrogen-bond donors (Lipinski definition) is 1. The Morgan fingerprint density at radius 1 is 1.43 bits per heavy atom. The summed E-state index contributed by atoms with van der Waals surface area (Å²) in [5, 5.41) is 3.45. The summed E-state index contributed by atoms with van der Waals surface area (Å²) in [5.74, 6) is 2.36. The Morgan fingerprint density at radius 2 is 2.10 bits per heavy atom. The number of nitrogens with one attached hydrogen (secondary N) is 1. The van der Waals surface area contributed by atoms with Gasteiger partial charge in [-0.25, -0.2) is 8.42 Å². The number of sulfonamides is 1. The monoisotopic (exact) mass is 328 g/mol. The maximum Gasteiger partial charge on any atom is 0.245 e. The zero-order chi connectivity index (χ0) is 16.0. The molecule has 0 heterocycles. The van der Waals surface area contributed by atoms with E-state index in [1.807, 2.05) is 19.9 Å². The smallest absolute Gasteiger partial charge is 0.245 e. The third-order valence-corrected chi connectivity index (χ3v) is 5.35. The summed E-state index contributed by atoms with van der Waals surface area (Å²) >= 11 is 6.07. The van der Waals surface area contributed by atoms with E-state index < -0.39 is 10.0 Å². The highest BCUT2D eigenvalue weighted by atomic mass is 35.5. The van der Waals surface area contributed by atoms with Crippen LogP contribution in [0.1, 0.15) is 26.3 Å². The molecule has 0 bridgehead atoms. The fourth-order valence-corrected chi connectivity index (χ4v) is 3.67. The van der Waals surface area contributed by atoms with Gasteiger partial charge < -0.3 is 5.32 Å². The molecule has 0 unspecified atom stereocenters. The average Bonchev–Trinajstić information content (AvgIpc) is 2.43. The number of nitrogens with zero attached hydrogens (tertiary/aromatic N) is 1. The van der Waals surface area contributed by atoms with Gasteiger partial charge in [0, 0.05) is 19.1 Å². The summed E-state index contributed by atoms with van der Waals surface area (Å²) in [6.45, 7) is 6.71. The predicted molar refractivity (Wildman–Crippen MR) is 86.7 cm³/mol. The van der Waals surface area contributed by atoms with Crippen molar-refractivity contribution in [1.29, 1.82) is 0 Å². The number of rotatable bonds is 7. The van der Waals surface area contributed by atoms with Crippen LogP contribution < -0.4 is 5.32 Å². The summed E-state index contributed by atoms with van der Waals surface area (Å²) in [5.41, 5.74) is 0.864. The molecule has 1 aromatic carbocycles. The molecular formula is C15H21ClN2O2S. The average molecular weight is 329 g/mol. The maximum atomic E-state index is 12.6. The van der Waals surface area contributed by atoms with Crippen molar-refractivity contribution in [2.45, 2.75) is 38.3 Å². The minimum absolute atomic E-state index is 0.0314. The molecule has 6 heteroatoms. The molecule has 0 spiro atoms. The van der Waals surface area contributed by atoms with Gasteiger partial charge in [-0.15, -0.1) is 6.42 Å². The van der Waals surface area contributed by atoms with Crippen molar-refractivity contribution in [2.24, 2.45) is 0 Å². The van der Waals surface area contributed by atoms with Crippen LogP contribution in [-0.2, 0) is 16.6 Å². The highest BCUT2D eigenvalue weighted by Gasteiger charge is 2.25. The highest BCUT2D eigenvalue weighted by molar-refractivity contribution is 7.89. The van der Waals surface area contributed by atoms with E-state index in [0.29, 0.717) is 19.1 Å². The molecule has 0 amide bonds. The zero-order valence-electron chi connectivity index (χ0n) is 12.6. The van der Waals surface area contributed by atoms with E-state index in [1.54, 1.807) is 19.1 Å². The minimum atomic E-state index is -3.67. The zero-order valence-corrected chi connectivity index (χ0v) is 14.1. The molecule has 1 aromatic rings. The third kappa shape index (κ3) is 4.72. The van der Waals surface area contributed by atoms with Crippen molar-refractivity contribution in [2.75, 3.05) is 13.1 Å². The number of halogens is 1. The topological polar surface area (TPSA) is 49.4 Å². The molecule has 0 atom stereocenters. The van der Waals surface area contributed by atoms with Crippen LogP contribution in [0.2, 0.25) is 5.02 Å². The van der Waals surface area contributed by atoms with Crippen LogP contribution in [0.4, 0.5) is 0 Å². The van der Waals surface area contributed by atoms with E-state index in [9.17, 15) is 8.42 Å². The molecule has 0 aliphatic carbocycles. The summed E-state index contributed by atoms with van der Waals surface area (Å²) in [4.78, 5) is 0.101. The van der Waals surface area contributed by atoms with E-state index in [2.05, 4.69) is 11.2 Å². The van der Waals surface area contributed by atoms with Gasteiger partial charge in [0.05, 0.1) is 11.6 Å². The molecular weight excluding hydrogens is 308 g/mol. The number of hydrogen-bond acceptors (Lipinski definition) is 3. The Hall–Kier alpha value is -1.06.